The molecule has 1 atom stereocenters. The zero-order valence-electron chi connectivity index (χ0n) is 8.61. The summed E-state index contributed by atoms with van der Waals surface area (Å²) >= 11 is 6.53. The summed E-state index contributed by atoms with van der Waals surface area (Å²) in [4.78, 5) is 15.2. The highest BCUT2D eigenvalue weighted by Crippen LogP contribution is 2.26. The molecule has 1 N–H and O–H groups in total. The molecule has 0 bridgehead atoms. The summed E-state index contributed by atoms with van der Waals surface area (Å²) in [5.41, 5.74) is 0.427. The van der Waals surface area contributed by atoms with Crippen LogP contribution in [-0.4, -0.2) is 22.7 Å². The van der Waals surface area contributed by atoms with E-state index in [4.69, 9.17) is 4.74 Å². The van der Waals surface area contributed by atoms with Crippen molar-refractivity contribution in [3.63, 3.8) is 0 Å². The molecule has 0 radical (unpaired) electrons. The largest absolute Gasteiger partial charge is 0.466 e. The van der Waals surface area contributed by atoms with Gasteiger partial charge in [0.25, 0.3) is 0 Å². The van der Waals surface area contributed by atoms with E-state index in [2.05, 4.69) is 36.8 Å². The molecule has 16 heavy (non-hydrogen) atoms. The third-order valence-corrected chi connectivity index (χ3v) is 2.89. The van der Waals surface area contributed by atoms with Crippen molar-refractivity contribution in [1.29, 1.82) is 0 Å². The predicted molar refractivity (Wildman–Crippen MR) is 65.8 cm³/mol. The van der Waals surface area contributed by atoms with E-state index < -0.39 is 12.1 Å². The van der Waals surface area contributed by atoms with Crippen LogP contribution in [0.2, 0.25) is 0 Å². The van der Waals surface area contributed by atoms with Gasteiger partial charge in [-0.2, -0.15) is 0 Å². The van der Waals surface area contributed by atoms with E-state index in [9.17, 15) is 9.90 Å². The molecule has 1 heterocycles. The molecule has 1 unspecified atom stereocenters. The summed E-state index contributed by atoms with van der Waals surface area (Å²) in [5.74, 6) is -0.438. The first kappa shape index (κ1) is 13.6. The fourth-order valence-corrected chi connectivity index (χ4v) is 2.40. The summed E-state index contributed by atoms with van der Waals surface area (Å²) in [6.07, 6.45) is 0.511. The van der Waals surface area contributed by atoms with Gasteiger partial charge in [-0.15, -0.1) is 0 Å². The lowest BCUT2D eigenvalue weighted by atomic mass is 10.2. The number of carbonyl (C=O) groups excluding carboxylic acids is 1. The lowest BCUT2D eigenvalue weighted by Gasteiger charge is -2.11. The van der Waals surface area contributed by atoms with Gasteiger partial charge in [-0.1, -0.05) is 0 Å². The molecule has 0 aromatic carbocycles. The standard InChI is InChI=1S/C10H11Br2NO3/c1-2-16-9(15)4-8(14)10-7(12)3-6(11)5-13-10/h3,5,8,14H,2,4H2,1H3. The van der Waals surface area contributed by atoms with Gasteiger partial charge in [0.2, 0.25) is 0 Å². The number of pyridine rings is 1. The summed E-state index contributed by atoms with van der Waals surface area (Å²) in [7, 11) is 0. The lowest BCUT2D eigenvalue weighted by molar-refractivity contribution is -0.145. The number of aliphatic hydroxyl groups excluding tert-OH is 1. The SMILES string of the molecule is CCOC(=O)CC(O)c1ncc(Br)cc1Br. The summed E-state index contributed by atoms with van der Waals surface area (Å²) in [5, 5.41) is 9.78. The highest BCUT2D eigenvalue weighted by Gasteiger charge is 2.17. The summed E-state index contributed by atoms with van der Waals surface area (Å²) in [6.45, 7) is 2.03. The Hall–Kier alpha value is -0.460. The number of hydrogen-bond acceptors (Lipinski definition) is 4. The van der Waals surface area contributed by atoms with Gasteiger partial charge >= 0.3 is 5.97 Å². The monoisotopic (exact) mass is 351 g/mol. The molecule has 1 aromatic rings. The Morgan fingerprint density at radius 2 is 2.31 bits per heavy atom. The molecular formula is C10H11Br2NO3. The molecule has 6 heteroatoms. The second-order valence-corrected chi connectivity index (χ2v) is 4.82. The smallest absolute Gasteiger partial charge is 0.308 e. The van der Waals surface area contributed by atoms with E-state index in [1.165, 1.54) is 0 Å². The number of carbonyl (C=O) groups is 1. The predicted octanol–water partition coefficient (Wildman–Crippen LogP) is 2.59. The van der Waals surface area contributed by atoms with Crippen LogP contribution >= 0.6 is 31.9 Å². The lowest BCUT2D eigenvalue weighted by Crippen LogP contribution is -2.11. The van der Waals surface area contributed by atoms with Gasteiger partial charge in [-0.05, 0) is 44.8 Å². The van der Waals surface area contributed by atoms with E-state index in [-0.39, 0.29) is 6.42 Å². The fraction of sp³-hybridized carbons (Fsp3) is 0.400. The van der Waals surface area contributed by atoms with E-state index in [0.29, 0.717) is 16.8 Å². The van der Waals surface area contributed by atoms with Crippen molar-refractivity contribution in [3.8, 4) is 0 Å². The molecule has 4 nitrogen and oxygen atoms in total. The van der Waals surface area contributed by atoms with Gasteiger partial charge in [0.1, 0.15) is 6.10 Å². The van der Waals surface area contributed by atoms with E-state index in [1.807, 2.05) is 0 Å². The first-order valence-electron chi connectivity index (χ1n) is 4.69. The van der Waals surface area contributed by atoms with Crippen LogP contribution in [0.4, 0.5) is 0 Å². The molecule has 0 aliphatic rings. The number of nitrogens with zero attached hydrogens (tertiary/aromatic N) is 1. The van der Waals surface area contributed by atoms with Crippen molar-refractivity contribution in [2.75, 3.05) is 6.61 Å². The number of aromatic nitrogens is 1. The van der Waals surface area contributed by atoms with Crippen LogP contribution < -0.4 is 0 Å². The zero-order chi connectivity index (χ0) is 12.1. The molecule has 0 aliphatic heterocycles. The Bertz CT molecular complexity index is 384. The Morgan fingerprint density at radius 3 is 2.88 bits per heavy atom. The molecular weight excluding hydrogens is 342 g/mol. The van der Waals surface area contributed by atoms with Crippen LogP contribution in [0.1, 0.15) is 25.1 Å². The van der Waals surface area contributed by atoms with Gasteiger partial charge in [-0.25, -0.2) is 0 Å². The summed E-state index contributed by atoms with van der Waals surface area (Å²) < 4.78 is 6.20. The number of esters is 1. The highest BCUT2D eigenvalue weighted by molar-refractivity contribution is 9.11. The minimum atomic E-state index is -0.957. The van der Waals surface area contributed by atoms with Crippen molar-refractivity contribution in [3.05, 3.63) is 26.9 Å². The Kier molecular flexibility index (Phi) is 5.37. The van der Waals surface area contributed by atoms with Crippen LogP contribution in [0.3, 0.4) is 0 Å². The molecule has 0 fully saturated rings. The first-order valence-corrected chi connectivity index (χ1v) is 6.27. The number of rotatable bonds is 4. The topological polar surface area (TPSA) is 59.4 Å². The van der Waals surface area contributed by atoms with Gasteiger partial charge in [0.15, 0.2) is 0 Å². The first-order chi connectivity index (χ1) is 7.54. The third-order valence-electron chi connectivity index (χ3n) is 1.82. The van der Waals surface area contributed by atoms with E-state index >= 15 is 0 Å². The van der Waals surface area contributed by atoms with Crippen LogP contribution in [-0.2, 0) is 9.53 Å². The molecule has 0 spiro atoms. The van der Waals surface area contributed by atoms with E-state index in [0.717, 1.165) is 4.47 Å². The van der Waals surface area contributed by atoms with Crippen molar-refractivity contribution >= 4 is 37.8 Å². The fourth-order valence-electron chi connectivity index (χ4n) is 1.14. The maximum atomic E-state index is 11.2. The number of ether oxygens (including phenoxy) is 1. The van der Waals surface area contributed by atoms with Crippen LogP contribution in [0.5, 0.6) is 0 Å². The molecule has 1 rings (SSSR count). The maximum Gasteiger partial charge on any atom is 0.308 e. The second kappa shape index (κ2) is 6.32. The molecule has 0 saturated carbocycles. The van der Waals surface area contributed by atoms with Gasteiger partial charge in [-0.3, -0.25) is 9.78 Å². The molecule has 1 aromatic heterocycles. The van der Waals surface area contributed by atoms with Crippen LogP contribution in [0.15, 0.2) is 21.2 Å². The molecule has 0 aliphatic carbocycles. The minimum absolute atomic E-state index is 0.0962. The van der Waals surface area contributed by atoms with Crippen LogP contribution in [0.25, 0.3) is 0 Å². The second-order valence-electron chi connectivity index (χ2n) is 3.05. The molecule has 0 amide bonds. The van der Waals surface area contributed by atoms with Crippen molar-refractivity contribution < 1.29 is 14.6 Å². The zero-order valence-corrected chi connectivity index (χ0v) is 11.8. The quantitative estimate of drug-likeness (QED) is 0.846. The third kappa shape index (κ3) is 3.84. The highest BCUT2D eigenvalue weighted by atomic mass is 79.9. The van der Waals surface area contributed by atoms with Gasteiger partial charge in [0.05, 0.1) is 18.7 Å². The normalized spacial score (nSPS) is 12.2. The van der Waals surface area contributed by atoms with Gasteiger partial charge in [0, 0.05) is 15.1 Å². The number of halogens is 2. The Labute approximate surface area is 110 Å². The van der Waals surface area contributed by atoms with Crippen molar-refractivity contribution in [2.24, 2.45) is 0 Å². The average Bonchev–Trinajstić information content (AvgIpc) is 2.17. The average molecular weight is 353 g/mol. The van der Waals surface area contributed by atoms with Crippen LogP contribution in [0, 0.1) is 0 Å². The summed E-state index contributed by atoms with van der Waals surface area (Å²) in [6, 6.07) is 1.76. The Balaban J connectivity index is 2.72. The molecule has 88 valence electrons. The van der Waals surface area contributed by atoms with Crippen molar-refractivity contribution in [2.45, 2.75) is 19.4 Å². The van der Waals surface area contributed by atoms with E-state index in [1.54, 1.807) is 19.2 Å². The maximum absolute atomic E-state index is 11.2. The Morgan fingerprint density at radius 1 is 1.62 bits per heavy atom. The minimum Gasteiger partial charge on any atom is -0.466 e. The van der Waals surface area contributed by atoms with Crippen molar-refractivity contribution in [1.82, 2.24) is 4.98 Å². The number of hydrogen-bond donors (Lipinski definition) is 1. The molecule has 0 saturated heterocycles. The number of aliphatic hydroxyl groups is 1. The van der Waals surface area contributed by atoms with Gasteiger partial charge < -0.3 is 9.84 Å².